The van der Waals surface area contributed by atoms with Crippen molar-refractivity contribution in [3.63, 3.8) is 0 Å². The minimum absolute atomic E-state index is 0.465. The van der Waals surface area contributed by atoms with Gasteiger partial charge in [-0.3, -0.25) is 0 Å². The Labute approximate surface area is 83.1 Å². The standard InChI is InChI=1S/C12H25N/c1-5-12(3,4)11-8-10(13)7-6-9(11)2/h9-11H,5-8,13H2,1-4H3. The molecule has 0 aromatic rings. The second kappa shape index (κ2) is 4.00. The Morgan fingerprint density at radius 3 is 2.46 bits per heavy atom. The van der Waals surface area contributed by atoms with Crippen LogP contribution in [0.2, 0.25) is 0 Å². The van der Waals surface area contributed by atoms with E-state index in [0.29, 0.717) is 11.5 Å². The Morgan fingerprint density at radius 2 is 1.92 bits per heavy atom. The Bertz CT molecular complexity index is 163. The van der Waals surface area contributed by atoms with Crippen LogP contribution >= 0.6 is 0 Å². The summed E-state index contributed by atoms with van der Waals surface area (Å²) < 4.78 is 0. The lowest BCUT2D eigenvalue weighted by atomic mass is 9.64. The van der Waals surface area contributed by atoms with Crippen LogP contribution in [-0.2, 0) is 0 Å². The zero-order chi connectivity index (χ0) is 10.1. The van der Waals surface area contributed by atoms with Gasteiger partial charge < -0.3 is 5.73 Å². The fraction of sp³-hybridized carbons (Fsp3) is 1.00. The maximum atomic E-state index is 6.04. The molecule has 1 rings (SSSR count). The van der Waals surface area contributed by atoms with Crippen LogP contribution in [-0.4, -0.2) is 6.04 Å². The average molecular weight is 183 g/mol. The van der Waals surface area contributed by atoms with Crippen LogP contribution < -0.4 is 5.73 Å². The molecule has 1 aliphatic rings. The smallest absolute Gasteiger partial charge is 0.00418 e. The summed E-state index contributed by atoms with van der Waals surface area (Å²) in [6.07, 6.45) is 5.07. The lowest BCUT2D eigenvalue weighted by Gasteiger charge is -2.42. The van der Waals surface area contributed by atoms with E-state index in [-0.39, 0.29) is 0 Å². The van der Waals surface area contributed by atoms with E-state index in [4.69, 9.17) is 5.73 Å². The topological polar surface area (TPSA) is 26.0 Å². The van der Waals surface area contributed by atoms with Crippen LogP contribution in [0, 0.1) is 17.3 Å². The Morgan fingerprint density at radius 1 is 1.31 bits per heavy atom. The van der Waals surface area contributed by atoms with Crippen LogP contribution in [0.5, 0.6) is 0 Å². The molecule has 0 aromatic heterocycles. The van der Waals surface area contributed by atoms with E-state index < -0.39 is 0 Å². The van der Waals surface area contributed by atoms with Crippen molar-refractivity contribution in [3.8, 4) is 0 Å². The molecule has 1 saturated carbocycles. The van der Waals surface area contributed by atoms with Crippen molar-refractivity contribution in [1.82, 2.24) is 0 Å². The lowest BCUT2D eigenvalue weighted by Crippen LogP contribution is -2.39. The Hall–Kier alpha value is -0.0400. The summed E-state index contributed by atoms with van der Waals surface area (Å²) in [7, 11) is 0. The van der Waals surface area contributed by atoms with Crippen molar-refractivity contribution in [3.05, 3.63) is 0 Å². The summed E-state index contributed by atoms with van der Waals surface area (Å²) in [4.78, 5) is 0. The summed E-state index contributed by atoms with van der Waals surface area (Å²) in [5.41, 5.74) is 6.52. The number of hydrogen-bond donors (Lipinski definition) is 1. The van der Waals surface area contributed by atoms with Crippen molar-refractivity contribution in [2.75, 3.05) is 0 Å². The van der Waals surface area contributed by atoms with Gasteiger partial charge in [0, 0.05) is 6.04 Å². The molecule has 3 atom stereocenters. The number of rotatable bonds is 2. The van der Waals surface area contributed by atoms with E-state index >= 15 is 0 Å². The molecule has 0 aromatic carbocycles. The zero-order valence-corrected chi connectivity index (χ0v) is 9.64. The predicted molar refractivity (Wildman–Crippen MR) is 58.6 cm³/mol. The minimum Gasteiger partial charge on any atom is -0.328 e. The van der Waals surface area contributed by atoms with Crippen LogP contribution in [0.25, 0.3) is 0 Å². The second-order valence-corrected chi connectivity index (χ2v) is 5.50. The third-order valence-electron chi connectivity index (χ3n) is 4.15. The highest BCUT2D eigenvalue weighted by Crippen LogP contribution is 2.43. The van der Waals surface area contributed by atoms with Gasteiger partial charge >= 0.3 is 0 Å². The molecule has 1 nitrogen and oxygen atoms in total. The van der Waals surface area contributed by atoms with Gasteiger partial charge in [-0.25, -0.2) is 0 Å². The van der Waals surface area contributed by atoms with Gasteiger partial charge in [-0.15, -0.1) is 0 Å². The van der Waals surface area contributed by atoms with Crippen LogP contribution in [0.1, 0.15) is 53.4 Å². The van der Waals surface area contributed by atoms with Crippen molar-refractivity contribution in [2.45, 2.75) is 59.4 Å². The van der Waals surface area contributed by atoms with Gasteiger partial charge in [0.2, 0.25) is 0 Å². The van der Waals surface area contributed by atoms with Gasteiger partial charge in [0.1, 0.15) is 0 Å². The van der Waals surface area contributed by atoms with Gasteiger partial charge in [0.05, 0.1) is 0 Å². The molecule has 0 heterocycles. The molecule has 1 aliphatic carbocycles. The van der Waals surface area contributed by atoms with Gasteiger partial charge in [0.15, 0.2) is 0 Å². The average Bonchev–Trinajstić information content (AvgIpc) is 2.09. The number of hydrogen-bond acceptors (Lipinski definition) is 1. The van der Waals surface area contributed by atoms with Gasteiger partial charge in [-0.2, -0.15) is 0 Å². The molecule has 0 spiro atoms. The highest BCUT2D eigenvalue weighted by molar-refractivity contribution is 4.88. The maximum absolute atomic E-state index is 6.04. The minimum atomic E-state index is 0.465. The fourth-order valence-corrected chi connectivity index (χ4v) is 2.71. The first-order chi connectivity index (χ1) is 5.97. The molecule has 0 amide bonds. The highest BCUT2D eigenvalue weighted by Gasteiger charge is 2.35. The zero-order valence-electron chi connectivity index (χ0n) is 9.64. The second-order valence-electron chi connectivity index (χ2n) is 5.50. The third kappa shape index (κ3) is 2.46. The maximum Gasteiger partial charge on any atom is 0.00418 e. The van der Waals surface area contributed by atoms with E-state index in [0.717, 1.165) is 11.8 Å². The monoisotopic (exact) mass is 183 g/mol. The molecule has 0 aliphatic heterocycles. The SMILES string of the molecule is CCC(C)(C)C1CC(N)CCC1C. The van der Waals surface area contributed by atoms with E-state index in [1.165, 1.54) is 25.7 Å². The molecular weight excluding hydrogens is 158 g/mol. The van der Waals surface area contributed by atoms with Crippen molar-refractivity contribution < 1.29 is 0 Å². The van der Waals surface area contributed by atoms with E-state index in [1.54, 1.807) is 0 Å². The predicted octanol–water partition coefficient (Wildman–Crippen LogP) is 3.19. The highest BCUT2D eigenvalue weighted by atomic mass is 14.6. The summed E-state index contributed by atoms with van der Waals surface area (Å²) >= 11 is 0. The van der Waals surface area contributed by atoms with E-state index in [9.17, 15) is 0 Å². The summed E-state index contributed by atoms with van der Waals surface area (Å²) in [6, 6.07) is 0.465. The molecule has 3 unspecified atom stereocenters. The van der Waals surface area contributed by atoms with Crippen LogP contribution in [0.4, 0.5) is 0 Å². The first-order valence-electron chi connectivity index (χ1n) is 5.73. The molecule has 13 heavy (non-hydrogen) atoms. The lowest BCUT2D eigenvalue weighted by molar-refractivity contribution is 0.0887. The summed E-state index contributed by atoms with van der Waals surface area (Å²) in [5.74, 6) is 1.70. The third-order valence-corrected chi connectivity index (χ3v) is 4.15. The van der Waals surface area contributed by atoms with E-state index in [2.05, 4.69) is 27.7 Å². The molecule has 0 saturated heterocycles. The quantitative estimate of drug-likeness (QED) is 0.699. The van der Waals surface area contributed by atoms with Crippen molar-refractivity contribution in [1.29, 1.82) is 0 Å². The Kier molecular flexibility index (Phi) is 3.39. The first kappa shape index (κ1) is 11.0. The summed E-state index contributed by atoms with van der Waals surface area (Å²) in [5, 5.41) is 0. The number of nitrogens with two attached hydrogens (primary N) is 1. The first-order valence-corrected chi connectivity index (χ1v) is 5.73. The van der Waals surface area contributed by atoms with E-state index in [1.807, 2.05) is 0 Å². The largest absolute Gasteiger partial charge is 0.328 e. The molecule has 1 heteroatoms. The van der Waals surface area contributed by atoms with Crippen LogP contribution in [0.3, 0.4) is 0 Å². The van der Waals surface area contributed by atoms with Gasteiger partial charge in [-0.1, -0.05) is 34.1 Å². The molecule has 0 bridgehead atoms. The normalized spacial score (nSPS) is 36.2. The molecule has 0 radical (unpaired) electrons. The molecule has 1 fully saturated rings. The van der Waals surface area contributed by atoms with Crippen molar-refractivity contribution in [2.24, 2.45) is 23.0 Å². The summed E-state index contributed by atoms with van der Waals surface area (Å²) in [6.45, 7) is 9.49. The fourth-order valence-electron chi connectivity index (χ4n) is 2.71. The molecule has 78 valence electrons. The van der Waals surface area contributed by atoms with Crippen molar-refractivity contribution >= 4 is 0 Å². The Balaban J connectivity index is 2.65. The molecule has 2 N–H and O–H groups in total. The van der Waals surface area contributed by atoms with Crippen LogP contribution in [0.15, 0.2) is 0 Å². The van der Waals surface area contributed by atoms with Gasteiger partial charge in [-0.05, 0) is 36.5 Å². The van der Waals surface area contributed by atoms with Gasteiger partial charge in [0.25, 0.3) is 0 Å². The molecular formula is C12H25N.